The first kappa shape index (κ1) is 26.9. The molecule has 3 aliphatic rings. The molecule has 2 heterocycles. The molecule has 49 heavy (non-hydrogen) atoms. The molecule has 0 amide bonds. The van der Waals surface area contributed by atoms with E-state index in [1.54, 1.807) is 0 Å². The third-order valence-corrected chi connectivity index (χ3v) is 11.4. The molecule has 7 aromatic carbocycles. The first-order valence-corrected chi connectivity index (χ1v) is 17.2. The van der Waals surface area contributed by atoms with Crippen LogP contribution in [0.15, 0.2) is 164 Å². The van der Waals surface area contributed by atoms with Crippen molar-refractivity contribution in [1.29, 1.82) is 0 Å². The van der Waals surface area contributed by atoms with Gasteiger partial charge >= 0.3 is 6.17 Å². The molecule has 0 saturated carbocycles. The molecular formula is C47H32N2+2. The van der Waals surface area contributed by atoms with Gasteiger partial charge < -0.3 is 0 Å². The van der Waals surface area contributed by atoms with E-state index in [1.807, 2.05) is 0 Å². The lowest BCUT2D eigenvalue weighted by Gasteiger charge is -2.31. The zero-order valence-corrected chi connectivity index (χ0v) is 27.1. The van der Waals surface area contributed by atoms with Gasteiger partial charge in [-0.3, -0.25) is 0 Å². The molecule has 1 aliphatic heterocycles. The maximum atomic E-state index is 2.54. The topological polar surface area (TPSA) is 6.89 Å². The Morgan fingerprint density at radius 3 is 1.90 bits per heavy atom. The molecule has 0 bridgehead atoms. The van der Waals surface area contributed by atoms with E-state index in [1.165, 1.54) is 88.4 Å². The van der Waals surface area contributed by atoms with E-state index in [4.69, 9.17) is 0 Å². The van der Waals surface area contributed by atoms with Crippen molar-refractivity contribution in [1.82, 2.24) is 0 Å². The Morgan fingerprint density at radius 1 is 0.490 bits per heavy atom. The lowest BCUT2D eigenvalue weighted by atomic mass is 9.70. The zero-order chi connectivity index (χ0) is 32.3. The van der Waals surface area contributed by atoms with E-state index in [9.17, 15) is 0 Å². The van der Waals surface area contributed by atoms with Crippen molar-refractivity contribution >= 4 is 27.8 Å². The quantitative estimate of drug-likeness (QED) is 0.169. The van der Waals surface area contributed by atoms with Gasteiger partial charge in [0.25, 0.3) is 5.69 Å². The van der Waals surface area contributed by atoms with Crippen LogP contribution in [-0.2, 0) is 5.41 Å². The summed E-state index contributed by atoms with van der Waals surface area (Å²) in [6.45, 7) is 0. The number of rotatable bonds is 2. The highest BCUT2D eigenvalue weighted by Crippen LogP contribution is 2.65. The molecular weight excluding hydrogens is 593 g/mol. The molecule has 0 saturated heterocycles. The van der Waals surface area contributed by atoms with Crippen LogP contribution in [0.25, 0.3) is 54.9 Å². The third-order valence-electron chi connectivity index (χ3n) is 11.4. The average molecular weight is 625 g/mol. The van der Waals surface area contributed by atoms with Gasteiger partial charge in [0.1, 0.15) is 7.05 Å². The number of hydrogen-bond donors (Lipinski definition) is 0. The predicted molar refractivity (Wildman–Crippen MR) is 199 cm³/mol. The van der Waals surface area contributed by atoms with Crippen LogP contribution in [0.1, 0.15) is 39.7 Å². The highest BCUT2D eigenvalue weighted by Gasteiger charge is 2.52. The maximum absolute atomic E-state index is 2.54. The molecule has 1 atom stereocenters. The molecule has 1 unspecified atom stereocenters. The summed E-state index contributed by atoms with van der Waals surface area (Å²) < 4.78 is 4.65. The van der Waals surface area contributed by atoms with Crippen molar-refractivity contribution in [2.24, 2.45) is 0 Å². The Hall–Kier alpha value is -6.12. The molecule has 228 valence electrons. The molecule has 2 heteroatoms. The summed E-state index contributed by atoms with van der Waals surface area (Å²) in [6, 6.07) is 59.2. The van der Waals surface area contributed by atoms with Gasteiger partial charge in [0, 0.05) is 12.1 Å². The Labute approximate surface area is 285 Å². The van der Waals surface area contributed by atoms with Gasteiger partial charge in [-0.05, 0) is 101 Å². The minimum absolute atomic E-state index is 0.138. The van der Waals surface area contributed by atoms with Crippen molar-refractivity contribution in [2.45, 2.75) is 11.6 Å². The lowest BCUT2D eigenvalue weighted by Crippen LogP contribution is -2.42. The van der Waals surface area contributed by atoms with Crippen LogP contribution in [0.4, 0.5) is 0 Å². The average Bonchev–Trinajstić information content (AvgIpc) is 3.77. The van der Waals surface area contributed by atoms with E-state index < -0.39 is 5.41 Å². The fraction of sp³-hybridized carbons (Fsp3) is 0.0638. The first-order chi connectivity index (χ1) is 24.2. The van der Waals surface area contributed by atoms with Crippen LogP contribution in [0.2, 0.25) is 0 Å². The minimum Gasteiger partial charge on any atom is -0.168 e. The smallest absolute Gasteiger partial charge is 0.168 e. The second-order valence-corrected chi connectivity index (χ2v) is 13.8. The number of hydrogen-bond acceptors (Lipinski definition) is 0. The molecule has 11 rings (SSSR count). The Bertz CT molecular complexity index is 2690. The molecule has 8 aromatic rings. The maximum Gasteiger partial charge on any atom is 0.375 e. The van der Waals surface area contributed by atoms with Gasteiger partial charge in [0.05, 0.1) is 11.0 Å². The minimum atomic E-state index is -0.413. The Morgan fingerprint density at radius 2 is 1.12 bits per heavy atom. The van der Waals surface area contributed by atoms with Crippen LogP contribution in [0, 0.1) is 0 Å². The van der Waals surface area contributed by atoms with Crippen molar-refractivity contribution < 1.29 is 9.14 Å². The van der Waals surface area contributed by atoms with Crippen LogP contribution >= 0.6 is 0 Å². The third kappa shape index (κ3) is 3.40. The normalized spacial score (nSPS) is 15.9. The van der Waals surface area contributed by atoms with E-state index in [0.717, 1.165) is 0 Å². The summed E-state index contributed by atoms with van der Waals surface area (Å²) in [5.41, 5.74) is 15.5. The summed E-state index contributed by atoms with van der Waals surface area (Å²) in [5, 5.41) is 5.19. The van der Waals surface area contributed by atoms with Gasteiger partial charge in [0.15, 0.2) is 6.20 Å². The predicted octanol–water partition coefficient (Wildman–Crippen LogP) is 9.91. The van der Waals surface area contributed by atoms with E-state index >= 15 is 0 Å². The number of fused-ring (bicyclic) bond motifs is 15. The molecule has 2 aliphatic carbocycles. The fourth-order valence-corrected chi connectivity index (χ4v) is 9.50. The number of nitrogens with zero attached hydrogens (tertiary/aromatic N) is 2. The monoisotopic (exact) mass is 624 g/mol. The van der Waals surface area contributed by atoms with Gasteiger partial charge in [-0.1, -0.05) is 121 Å². The van der Waals surface area contributed by atoms with Crippen molar-refractivity contribution in [3.8, 4) is 33.4 Å². The summed E-state index contributed by atoms with van der Waals surface area (Å²) in [4.78, 5) is 0. The van der Waals surface area contributed by atoms with Crippen LogP contribution in [-0.4, -0.2) is 17.8 Å². The summed E-state index contributed by atoms with van der Waals surface area (Å²) in [6.07, 6.45) is 4.55. The summed E-state index contributed by atoms with van der Waals surface area (Å²) in [7, 11) is 2.16. The molecule has 1 aromatic heterocycles. The number of benzene rings is 7. The van der Waals surface area contributed by atoms with Crippen LogP contribution in [0.3, 0.4) is 0 Å². The Balaban J connectivity index is 1.22. The van der Waals surface area contributed by atoms with Gasteiger partial charge in [-0.15, -0.1) is 4.57 Å². The van der Waals surface area contributed by atoms with Crippen molar-refractivity contribution in [2.75, 3.05) is 7.05 Å². The summed E-state index contributed by atoms with van der Waals surface area (Å²) in [5.74, 6) is 0. The zero-order valence-electron chi connectivity index (χ0n) is 27.1. The van der Waals surface area contributed by atoms with E-state index in [0.29, 0.717) is 0 Å². The summed E-state index contributed by atoms with van der Waals surface area (Å²) >= 11 is 0. The number of aromatic nitrogens is 1. The molecule has 0 N–H and O–H groups in total. The van der Waals surface area contributed by atoms with Crippen LogP contribution < -0.4 is 4.57 Å². The highest BCUT2D eigenvalue weighted by atomic mass is 15.2. The molecule has 2 nitrogen and oxygen atoms in total. The SMILES string of the molecule is C[N+]1=Cc2cccc[n+]2C1c1ccc(-c2cc3c(c4ccccc24)-c2c(ccc4ccccc24)C32c3ccccc3-c3ccccc32)cc1. The van der Waals surface area contributed by atoms with Crippen molar-refractivity contribution in [3.63, 3.8) is 0 Å². The molecule has 0 fully saturated rings. The second kappa shape index (κ2) is 9.71. The van der Waals surface area contributed by atoms with Crippen molar-refractivity contribution in [3.05, 3.63) is 197 Å². The largest absolute Gasteiger partial charge is 0.375 e. The Kier molecular flexibility index (Phi) is 5.33. The molecule has 1 spiro atoms. The molecule has 0 radical (unpaired) electrons. The van der Waals surface area contributed by atoms with Gasteiger partial charge in [-0.2, -0.15) is 4.58 Å². The number of pyridine rings is 1. The van der Waals surface area contributed by atoms with Crippen LogP contribution in [0.5, 0.6) is 0 Å². The van der Waals surface area contributed by atoms with E-state index in [2.05, 4.69) is 186 Å². The highest BCUT2D eigenvalue weighted by molar-refractivity contribution is 6.16. The first-order valence-electron chi connectivity index (χ1n) is 17.2. The lowest BCUT2D eigenvalue weighted by molar-refractivity contribution is -0.844. The standard InChI is InChI=1S/C47H32N2/c1-48-29-33-13-10-11-27-49(33)46(48)32-23-21-31(22-24-32)39-28-43-45(38-18-5-4-15-35(38)39)44-34-14-3-2-12-30(34)25-26-42(44)47(43)40-19-8-6-16-36(40)37-17-7-9-20-41(37)47/h2-29,46H,1H3/q+2. The van der Waals surface area contributed by atoms with Gasteiger partial charge in [0.2, 0.25) is 6.21 Å². The van der Waals surface area contributed by atoms with E-state index in [-0.39, 0.29) is 6.17 Å². The second-order valence-electron chi connectivity index (χ2n) is 13.8. The van der Waals surface area contributed by atoms with Gasteiger partial charge in [-0.25, -0.2) is 0 Å². The fourth-order valence-electron chi connectivity index (χ4n) is 9.50.